The van der Waals surface area contributed by atoms with Gasteiger partial charge in [-0.2, -0.15) is 9.50 Å². The van der Waals surface area contributed by atoms with Crippen molar-refractivity contribution < 1.29 is 4.79 Å². The van der Waals surface area contributed by atoms with Gasteiger partial charge in [-0.25, -0.2) is 4.98 Å². The Morgan fingerprint density at radius 2 is 1.83 bits per heavy atom. The molecule has 2 heterocycles. The summed E-state index contributed by atoms with van der Waals surface area (Å²) < 4.78 is 1.27. The molecule has 0 aliphatic carbocycles. The second kappa shape index (κ2) is 5.92. The van der Waals surface area contributed by atoms with Gasteiger partial charge in [-0.05, 0) is 26.3 Å². The van der Waals surface area contributed by atoms with Gasteiger partial charge in [0.25, 0.3) is 11.3 Å². The van der Waals surface area contributed by atoms with E-state index >= 15 is 0 Å². The Kier molecular flexibility index (Phi) is 3.92. The molecule has 7 heteroatoms. The lowest BCUT2D eigenvalue weighted by Gasteiger charge is -2.17. The van der Waals surface area contributed by atoms with Gasteiger partial charge in [-0.3, -0.25) is 19.6 Å². The van der Waals surface area contributed by atoms with Crippen LogP contribution < -0.4 is 10.5 Å². The zero-order valence-corrected chi connectivity index (χ0v) is 14.1. The second-order valence-electron chi connectivity index (χ2n) is 5.90. The monoisotopic (exact) mass is 325 g/mol. The normalized spacial score (nSPS) is 11.0. The van der Waals surface area contributed by atoms with Crippen LogP contribution >= 0.6 is 0 Å². The number of aryl methyl sites for hydroxylation is 2. The average molecular weight is 325 g/mol. The SMILES string of the molecule is CC(=O)N(Cc1ccc(C)cc1)c1nc2nc(C)c(C)c(=O)n2[nH]1. The van der Waals surface area contributed by atoms with E-state index in [0.717, 1.165) is 11.1 Å². The Morgan fingerprint density at radius 1 is 1.17 bits per heavy atom. The molecule has 2 aromatic heterocycles. The number of carbonyl (C=O) groups excluding carboxylic acids is 1. The highest BCUT2D eigenvalue weighted by atomic mass is 16.2. The molecule has 0 saturated carbocycles. The summed E-state index contributed by atoms with van der Waals surface area (Å²) in [4.78, 5) is 34.5. The standard InChI is InChI=1S/C17H19N5O2/c1-10-5-7-14(8-6-10)9-21(13(4)23)17-19-16-18-12(3)11(2)15(24)22(16)20-17/h5-8H,9H2,1-4H3,(H,18,19,20). The minimum Gasteiger partial charge on any atom is -0.277 e. The molecular weight excluding hydrogens is 306 g/mol. The van der Waals surface area contributed by atoms with Crippen molar-refractivity contribution in [3.05, 3.63) is 57.0 Å². The van der Waals surface area contributed by atoms with E-state index in [0.29, 0.717) is 23.8 Å². The van der Waals surface area contributed by atoms with Crippen LogP contribution in [-0.4, -0.2) is 25.5 Å². The summed E-state index contributed by atoms with van der Waals surface area (Å²) in [6, 6.07) is 7.91. The van der Waals surface area contributed by atoms with Gasteiger partial charge in [0.05, 0.1) is 6.54 Å². The Morgan fingerprint density at radius 3 is 2.46 bits per heavy atom. The van der Waals surface area contributed by atoms with Crippen LogP contribution in [0.25, 0.3) is 5.78 Å². The fourth-order valence-corrected chi connectivity index (χ4v) is 2.42. The van der Waals surface area contributed by atoms with E-state index < -0.39 is 0 Å². The van der Waals surface area contributed by atoms with Crippen molar-refractivity contribution >= 4 is 17.6 Å². The van der Waals surface area contributed by atoms with E-state index in [-0.39, 0.29) is 17.2 Å². The molecule has 1 amide bonds. The van der Waals surface area contributed by atoms with Crippen molar-refractivity contribution in [2.75, 3.05) is 4.90 Å². The van der Waals surface area contributed by atoms with E-state index in [2.05, 4.69) is 15.1 Å². The highest BCUT2D eigenvalue weighted by Crippen LogP contribution is 2.14. The number of aromatic amines is 1. The number of hydrogen-bond donors (Lipinski definition) is 1. The second-order valence-corrected chi connectivity index (χ2v) is 5.90. The fourth-order valence-electron chi connectivity index (χ4n) is 2.42. The van der Waals surface area contributed by atoms with Crippen molar-refractivity contribution in [2.24, 2.45) is 0 Å². The van der Waals surface area contributed by atoms with Crippen LogP contribution in [0.4, 0.5) is 5.95 Å². The van der Waals surface area contributed by atoms with Crippen LogP contribution in [0, 0.1) is 20.8 Å². The maximum absolute atomic E-state index is 12.3. The number of rotatable bonds is 3. The van der Waals surface area contributed by atoms with Gasteiger partial charge in [0.1, 0.15) is 0 Å². The molecule has 7 nitrogen and oxygen atoms in total. The van der Waals surface area contributed by atoms with Gasteiger partial charge in [0, 0.05) is 18.2 Å². The van der Waals surface area contributed by atoms with Crippen molar-refractivity contribution in [1.82, 2.24) is 19.6 Å². The zero-order valence-electron chi connectivity index (χ0n) is 14.1. The highest BCUT2D eigenvalue weighted by Gasteiger charge is 2.18. The maximum atomic E-state index is 12.3. The average Bonchev–Trinajstić information content (AvgIpc) is 2.95. The van der Waals surface area contributed by atoms with Crippen molar-refractivity contribution in [2.45, 2.75) is 34.2 Å². The van der Waals surface area contributed by atoms with Crippen molar-refractivity contribution in [3.63, 3.8) is 0 Å². The fraction of sp³-hybridized carbons (Fsp3) is 0.294. The van der Waals surface area contributed by atoms with Crippen LogP contribution in [0.15, 0.2) is 29.1 Å². The molecule has 0 atom stereocenters. The number of hydrogen-bond acceptors (Lipinski definition) is 4. The number of aromatic nitrogens is 4. The molecule has 0 fully saturated rings. The third kappa shape index (κ3) is 2.80. The lowest BCUT2D eigenvalue weighted by Crippen LogP contribution is -2.29. The number of nitrogens with zero attached hydrogens (tertiary/aromatic N) is 4. The van der Waals surface area contributed by atoms with Crippen LogP contribution in [0.3, 0.4) is 0 Å². The quantitative estimate of drug-likeness (QED) is 0.797. The van der Waals surface area contributed by atoms with E-state index in [1.54, 1.807) is 13.8 Å². The molecule has 0 bridgehead atoms. The molecule has 0 aliphatic rings. The number of amides is 1. The molecule has 3 aromatic rings. The largest absolute Gasteiger partial charge is 0.277 e. The molecule has 0 spiro atoms. The Hall–Kier alpha value is -2.96. The molecule has 1 aromatic carbocycles. The first-order valence-corrected chi connectivity index (χ1v) is 7.66. The third-order valence-electron chi connectivity index (χ3n) is 4.05. The number of fused-ring (bicyclic) bond motifs is 1. The number of nitrogens with one attached hydrogen (secondary N) is 1. The summed E-state index contributed by atoms with van der Waals surface area (Å²) in [6.45, 7) is 7.32. The van der Waals surface area contributed by atoms with E-state index in [4.69, 9.17) is 0 Å². The van der Waals surface area contributed by atoms with E-state index in [1.165, 1.54) is 16.3 Å². The van der Waals surface area contributed by atoms with Crippen LogP contribution in [0.2, 0.25) is 0 Å². The van der Waals surface area contributed by atoms with Gasteiger partial charge in [0.15, 0.2) is 0 Å². The number of benzene rings is 1. The van der Waals surface area contributed by atoms with E-state index in [9.17, 15) is 9.59 Å². The molecule has 24 heavy (non-hydrogen) atoms. The topological polar surface area (TPSA) is 83.4 Å². The first kappa shape index (κ1) is 15.9. The van der Waals surface area contributed by atoms with Gasteiger partial charge < -0.3 is 0 Å². The minimum absolute atomic E-state index is 0.170. The summed E-state index contributed by atoms with van der Waals surface area (Å²) in [5, 5.41) is 2.88. The molecule has 124 valence electrons. The van der Waals surface area contributed by atoms with Gasteiger partial charge in [-0.15, -0.1) is 0 Å². The smallest absolute Gasteiger partial charge is 0.277 e. The summed E-state index contributed by atoms with van der Waals surface area (Å²) in [7, 11) is 0. The highest BCUT2D eigenvalue weighted by molar-refractivity contribution is 5.89. The Bertz CT molecular complexity index is 969. The Balaban J connectivity index is 2.04. The maximum Gasteiger partial charge on any atom is 0.277 e. The van der Waals surface area contributed by atoms with Crippen molar-refractivity contribution in [1.29, 1.82) is 0 Å². The van der Waals surface area contributed by atoms with Gasteiger partial charge in [0.2, 0.25) is 11.9 Å². The molecule has 0 radical (unpaired) electrons. The lowest BCUT2D eigenvalue weighted by molar-refractivity contribution is -0.116. The molecule has 0 saturated heterocycles. The zero-order chi connectivity index (χ0) is 17.4. The summed E-state index contributed by atoms with van der Waals surface area (Å²) in [6.07, 6.45) is 0. The summed E-state index contributed by atoms with van der Waals surface area (Å²) in [5.41, 5.74) is 3.10. The molecule has 0 aliphatic heterocycles. The lowest BCUT2D eigenvalue weighted by atomic mass is 10.1. The van der Waals surface area contributed by atoms with Crippen LogP contribution in [0.5, 0.6) is 0 Å². The van der Waals surface area contributed by atoms with Crippen LogP contribution in [-0.2, 0) is 11.3 Å². The number of anilines is 1. The number of H-pyrrole nitrogens is 1. The molecule has 1 N–H and O–H groups in total. The van der Waals surface area contributed by atoms with E-state index in [1.807, 2.05) is 31.2 Å². The predicted octanol–water partition coefficient (Wildman–Crippen LogP) is 1.90. The summed E-state index contributed by atoms with van der Waals surface area (Å²) in [5.74, 6) is 0.391. The Labute approximate surface area is 139 Å². The first-order chi connectivity index (χ1) is 11.4. The minimum atomic E-state index is -0.213. The molecular formula is C17H19N5O2. The molecule has 3 rings (SSSR count). The summed E-state index contributed by atoms with van der Waals surface area (Å²) >= 11 is 0. The van der Waals surface area contributed by atoms with Gasteiger partial charge >= 0.3 is 0 Å². The van der Waals surface area contributed by atoms with Crippen molar-refractivity contribution in [3.8, 4) is 0 Å². The molecule has 0 unspecified atom stereocenters. The van der Waals surface area contributed by atoms with Gasteiger partial charge in [-0.1, -0.05) is 29.8 Å². The predicted molar refractivity (Wildman–Crippen MR) is 91.1 cm³/mol. The van der Waals surface area contributed by atoms with Crippen LogP contribution in [0.1, 0.15) is 29.3 Å². The first-order valence-electron chi connectivity index (χ1n) is 7.66. The third-order valence-corrected chi connectivity index (χ3v) is 4.05. The number of carbonyl (C=O) groups is 1.